The lowest BCUT2D eigenvalue weighted by atomic mass is 10.3. The summed E-state index contributed by atoms with van der Waals surface area (Å²) in [5, 5.41) is 8.77. The SMILES string of the molecule is CC=C[C@@H](O)CC. The minimum absolute atomic E-state index is 0.231. The monoisotopic (exact) mass is 100 g/mol. The second kappa shape index (κ2) is 3.88. The predicted molar refractivity (Wildman–Crippen MR) is 31.1 cm³/mol. The Balaban J connectivity index is 3.16. The van der Waals surface area contributed by atoms with E-state index in [1.54, 1.807) is 6.08 Å². The molecule has 1 heteroatoms. The van der Waals surface area contributed by atoms with Crippen LogP contribution in [-0.2, 0) is 0 Å². The van der Waals surface area contributed by atoms with Gasteiger partial charge < -0.3 is 5.11 Å². The van der Waals surface area contributed by atoms with Gasteiger partial charge in [-0.05, 0) is 13.3 Å². The third kappa shape index (κ3) is 3.53. The van der Waals surface area contributed by atoms with E-state index in [4.69, 9.17) is 5.11 Å². The second-order valence-corrected chi connectivity index (χ2v) is 1.50. The summed E-state index contributed by atoms with van der Waals surface area (Å²) in [6.45, 7) is 3.85. The van der Waals surface area contributed by atoms with Gasteiger partial charge in [0, 0.05) is 0 Å². The quantitative estimate of drug-likeness (QED) is 0.519. The van der Waals surface area contributed by atoms with Gasteiger partial charge in [0.05, 0.1) is 6.10 Å². The smallest absolute Gasteiger partial charge is 0.0718 e. The lowest BCUT2D eigenvalue weighted by Gasteiger charge is -1.95. The molecule has 0 saturated carbocycles. The van der Waals surface area contributed by atoms with Gasteiger partial charge in [0.2, 0.25) is 0 Å². The topological polar surface area (TPSA) is 20.2 Å². The molecule has 0 aromatic heterocycles. The van der Waals surface area contributed by atoms with E-state index in [-0.39, 0.29) is 6.10 Å². The molecule has 0 aliphatic rings. The molecule has 0 heterocycles. The van der Waals surface area contributed by atoms with E-state index in [9.17, 15) is 0 Å². The molecular formula is C6H12O. The van der Waals surface area contributed by atoms with E-state index >= 15 is 0 Å². The fourth-order valence-corrected chi connectivity index (χ4v) is 0.358. The van der Waals surface area contributed by atoms with Crippen LogP contribution in [0.3, 0.4) is 0 Å². The molecule has 0 aromatic carbocycles. The Hall–Kier alpha value is -0.300. The molecule has 0 amide bonds. The van der Waals surface area contributed by atoms with Crippen molar-refractivity contribution in [2.24, 2.45) is 0 Å². The molecule has 0 bridgehead atoms. The van der Waals surface area contributed by atoms with Crippen LogP contribution in [-0.4, -0.2) is 11.2 Å². The number of aliphatic hydroxyl groups excluding tert-OH is 1. The molecular weight excluding hydrogens is 88.1 g/mol. The summed E-state index contributed by atoms with van der Waals surface area (Å²) in [4.78, 5) is 0. The summed E-state index contributed by atoms with van der Waals surface area (Å²) in [7, 11) is 0. The first-order valence-corrected chi connectivity index (χ1v) is 2.62. The number of allylic oxidation sites excluding steroid dienone is 1. The summed E-state index contributed by atoms with van der Waals surface area (Å²) in [6, 6.07) is 0. The molecule has 7 heavy (non-hydrogen) atoms. The maximum Gasteiger partial charge on any atom is 0.0718 e. The van der Waals surface area contributed by atoms with Crippen LogP contribution in [0.4, 0.5) is 0 Å². The van der Waals surface area contributed by atoms with E-state index in [0.717, 1.165) is 6.42 Å². The molecule has 0 spiro atoms. The van der Waals surface area contributed by atoms with Gasteiger partial charge in [0.1, 0.15) is 0 Å². The van der Waals surface area contributed by atoms with E-state index in [1.807, 2.05) is 19.9 Å². The van der Waals surface area contributed by atoms with E-state index in [0.29, 0.717) is 0 Å². The van der Waals surface area contributed by atoms with Crippen molar-refractivity contribution in [3.63, 3.8) is 0 Å². The van der Waals surface area contributed by atoms with Gasteiger partial charge in [-0.3, -0.25) is 0 Å². The minimum Gasteiger partial charge on any atom is -0.389 e. The van der Waals surface area contributed by atoms with Crippen molar-refractivity contribution < 1.29 is 5.11 Å². The first kappa shape index (κ1) is 6.70. The van der Waals surface area contributed by atoms with Crippen molar-refractivity contribution in [2.45, 2.75) is 26.4 Å². The van der Waals surface area contributed by atoms with Crippen LogP contribution in [0.15, 0.2) is 12.2 Å². The average Bonchev–Trinajstić information content (AvgIpc) is 1.68. The zero-order valence-electron chi connectivity index (χ0n) is 4.89. The van der Waals surface area contributed by atoms with E-state index in [1.165, 1.54) is 0 Å². The highest BCUT2D eigenvalue weighted by Gasteiger charge is 1.87. The van der Waals surface area contributed by atoms with Crippen LogP contribution < -0.4 is 0 Å². The Morgan fingerprint density at radius 2 is 2.29 bits per heavy atom. The lowest BCUT2D eigenvalue weighted by Crippen LogP contribution is -1.96. The highest BCUT2D eigenvalue weighted by atomic mass is 16.3. The van der Waals surface area contributed by atoms with Crippen molar-refractivity contribution in [1.29, 1.82) is 0 Å². The van der Waals surface area contributed by atoms with Gasteiger partial charge in [-0.25, -0.2) is 0 Å². The molecule has 0 radical (unpaired) electrons. The summed E-state index contributed by atoms with van der Waals surface area (Å²) in [5.41, 5.74) is 0. The molecule has 0 fully saturated rings. The highest BCUT2D eigenvalue weighted by molar-refractivity contribution is 4.83. The van der Waals surface area contributed by atoms with Crippen molar-refractivity contribution in [2.75, 3.05) is 0 Å². The third-order valence-corrected chi connectivity index (χ3v) is 0.833. The Morgan fingerprint density at radius 1 is 1.71 bits per heavy atom. The van der Waals surface area contributed by atoms with Crippen molar-refractivity contribution in [3.05, 3.63) is 12.2 Å². The summed E-state index contributed by atoms with van der Waals surface area (Å²) in [6.07, 6.45) is 4.21. The summed E-state index contributed by atoms with van der Waals surface area (Å²) >= 11 is 0. The number of hydrogen-bond acceptors (Lipinski definition) is 1. The van der Waals surface area contributed by atoms with Crippen LogP contribution in [0.1, 0.15) is 20.3 Å². The van der Waals surface area contributed by atoms with Crippen LogP contribution in [0.5, 0.6) is 0 Å². The molecule has 0 rings (SSSR count). The maximum absolute atomic E-state index is 8.77. The second-order valence-electron chi connectivity index (χ2n) is 1.50. The largest absolute Gasteiger partial charge is 0.389 e. The fourth-order valence-electron chi connectivity index (χ4n) is 0.358. The van der Waals surface area contributed by atoms with Gasteiger partial charge >= 0.3 is 0 Å². The Labute approximate surface area is 44.7 Å². The Morgan fingerprint density at radius 3 is 2.43 bits per heavy atom. The molecule has 0 saturated heterocycles. The Kier molecular flexibility index (Phi) is 3.71. The van der Waals surface area contributed by atoms with Gasteiger partial charge in [-0.1, -0.05) is 19.1 Å². The van der Waals surface area contributed by atoms with Crippen molar-refractivity contribution >= 4 is 0 Å². The lowest BCUT2D eigenvalue weighted by molar-refractivity contribution is 0.219. The molecule has 0 aliphatic heterocycles. The highest BCUT2D eigenvalue weighted by Crippen LogP contribution is 1.89. The van der Waals surface area contributed by atoms with Crippen molar-refractivity contribution in [3.8, 4) is 0 Å². The third-order valence-electron chi connectivity index (χ3n) is 0.833. The average molecular weight is 100 g/mol. The molecule has 1 atom stereocenters. The molecule has 0 unspecified atom stereocenters. The first-order chi connectivity index (χ1) is 3.31. The predicted octanol–water partition coefficient (Wildman–Crippen LogP) is 1.33. The van der Waals surface area contributed by atoms with Crippen LogP contribution in [0.25, 0.3) is 0 Å². The standard InChI is InChI=1S/C6H12O/c1-3-5-6(7)4-2/h3,5-7H,4H2,1-2H3/t6-/m0/s1. The minimum atomic E-state index is -0.231. The van der Waals surface area contributed by atoms with Crippen LogP contribution in [0.2, 0.25) is 0 Å². The molecule has 1 N–H and O–H groups in total. The summed E-state index contributed by atoms with van der Waals surface area (Å²) < 4.78 is 0. The zero-order valence-corrected chi connectivity index (χ0v) is 4.89. The number of hydrogen-bond donors (Lipinski definition) is 1. The maximum atomic E-state index is 8.77. The van der Waals surface area contributed by atoms with Gasteiger partial charge in [0.25, 0.3) is 0 Å². The molecule has 0 aliphatic carbocycles. The normalized spacial score (nSPS) is 15.3. The summed E-state index contributed by atoms with van der Waals surface area (Å²) in [5.74, 6) is 0. The molecule has 1 nitrogen and oxygen atoms in total. The van der Waals surface area contributed by atoms with E-state index in [2.05, 4.69) is 0 Å². The fraction of sp³-hybridized carbons (Fsp3) is 0.667. The van der Waals surface area contributed by atoms with Gasteiger partial charge in [-0.15, -0.1) is 0 Å². The molecule has 42 valence electrons. The van der Waals surface area contributed by atoms with Crippen LogP contribution in [0, 0.1) is 0 Å². The zero-order chi connectivity index (χ0) is 5.70. The van der Waals surface area contributed by atoms with Crippen LogP contribution >= 0.6 is 0 Å². The first-order valence-electron chi connectivity index (χ1n) is 2.62. The number of aliphatic hydroxyl groups is 1. The number of rotatable bonds is 2. The van der Waals surface area contributed by atoms with E-state index < -0.39 is 0 Å². The van der Waals surface area contributed by atoms with Crippen molar-refractivity contribution in [1.82, 2.24) is 0 Å². The van der Waals surface area contributed by atoms with Gasteiger partial charge in [0.15, 0.2) is 0 Å². The van der Waals surface area contributed by atoms with Gasteiger partial charge in [-0.2, -0.15) is 0 Å². The Bertz CT molecular complexity index is 57.2. The molecule has 0 aromatic rings.